The second kappa shape index (κ2) is 7.01. The number of hydrogen-bond acceptors (Lipinski definition) is 6. The van der Waals surface area contributed by atoms with Crippen molar-refractivity contribution in [1.29, 1.82) is 0 Å². The third kappa shape index (κ3) is 3.18. The summed E-state index contributed by atoms with van der Waals surface area (Å²) < 4.78 is 0. The molecule has 0 amide bonds. The van der Waals surface area contributed by atoms with E-state index in [-0.39, 0.29) is 6.04 Å². The summed E-state index contributed by atoms with van der Waals surface area (Å²) in [5.74, 6) is -0.211. The Bertz CT molecular complexity index is 897. The number of benzene rings is 2. The Hall–Kier alpha value is -3.13. The van der Waals surface area contributed by atoms with E-state index >= 15 is 0 Å². The van der Waals surface area contributed by atoms with Gasteiger partial charge in [-0.15, -0.1) is 0 Å². The number of carboxylic acid groups (broad SMARTS) is 1. The van der Waals surface area contributed by atoms with Crippen molar-refractivity contribution in [1.82, 2.24) is 26.4 Å². The van der Waals surface area contributed by atoms with Gasteiger partial charge in [0.2, 0.25) is 0 Å². The van der Waals surface area contributed by atoms with Gasteiger partial charge >= 0.3 is 5.97 Å². The van der Waals surface area contributed by atoms with Gasteiger partial charge in [-0.2, -0.15) is 5.53 Å². The molecular formula is C19H17N5O2. The smallest absolute Gasteiger partial charge is 0.324 e. The van der Waals surface area contributed by atoms with Crippen LogP contribution in [0.3, 0.4) is 0 Å². The number of nitrogens with one attached hydrogen (secondary N) is 3. The highest BCUT2D eigenvalue weighted by Gasteiger charge is 2.33. The fourth-order valence-electron chi connectivity index (χ4n) is 2.99. The Morgan fingerprint density at radius 3 is 2.04 bits per heavy atom. The molecule has 26 heavy (non-hydrogen) atoms. The fourth-order valence-corrected chi connectivity index (χ4v) is 2.99. The van der Waals surface area contributed by atoms with Crippen LogP contribution in [0.15, 0.2) is 67.0 Å². The van der Waals surface area contributed by atoms with Crippen molar-refractivity contribution in [2.75, 3.05) is 0 Å². The summed E-state index contributed by atoms with van der Waals surface area (Å²) in [6, 6.07) is 16.6. The lowest BCUT2D eigenvalue weighted by Gasteiger charge is -2.15. The molecular weight excluding hydrogens is 330 g/mol. The summed E-state index contributed by atoms with van der Waals surface area (Å²) in [4.78, 5) is 19.8. The van der Waals surface area contributed by atoms with Gasteiger partial charge < -0.3 is 5.11 Å². The lowest BCUT2D eigenvalue weighted by molar-refractivity contribution is -0.139. The van der Waals surface area contributed by atoms with Crippen molar-refractivity contribution >= 4 is 5.97 Å². The number of rotatable bonds is 4. The first-order valence-corrected chi connectivity index (χ1v) is 8.19. The topological polar surface area (TPSA) is 99.2 Å². The summed E-state index contributed by atoms with van der Waals surface area (Å²) >= 11 is 0. The molecule has 1 saturated heterocycles. The quantitative estimate of drug-likeness (QED) is 0.572. The van der Waals surface area contributed by atoms with E-state index < -0.39 is 12.0 Å². The molecule has 4 N–H and O–H groups in total. The van der Waals surface area contributed by atoms with Gasteiger partial charge in [0.05, 0.1) is 6.04 Å². The average molecular weight is 347 g/mol. The molecule has 0 spiro atoms. The number of carbonyl (C=O) groups is 1. The molecule has 2 atom stereocenters. The summed E-state index contributed by atoms with van der Waals surface area (Å²) in [5, 5.41) is 9.24. The summed E-state index contributed by atoms with van der Waals surface area (Å²) in [7, 11) is 0. The van der Waals surface area contributed by atoms with Gasteiger partial charge in [0.15, 0.2) is 5.82 Å². The third-order valence-electron chi connectivity index (χ3n) is 4.37. The van der Waals surface area contributed by atoms with E-state index in [9.17, 15) is 9.90 Å². The Labute approximate surface area is 150 Å². The van der Waals surface area contributed by atoms with Crippen LogP contribution in [0, 0.1) is 0 Å². The molecule has 7 heteroatoms. The van der Waals surface area contributed by atoms with Crippen LogP contribution < -0.4 is 16.4 Å². The molecule has 1 aliphatic heterocycles. The van der Waals surface area contributed by atoms with Crippen LogP contribution in [0.4, 0.5) is 0 Å². The molecule has 4 rings (SSSR count). The first-order valence-electron chi connectivity index (χ1n) is 8.19. The predicted molar refractivity (Wildman–Crippen MR) is 96.5 cm³/mol. The predicted octanol–water partition coefficient (Wildman–Crippen LogP) is 1.92. The van der Waals surface area contributed by atoms with Crippen LogP contribution in [0.1, 0.15) is 11.6 Å². The number of nitrogens with zero attached hydrogens (tertiary/aromatic N) is 2. The molecule has 2 unspecified atom stereocenters. The SMILES string of the molecule is O=C(O)C1NNNC1c1ccc(-c2ccc(-c3ncccn3)cc2)cc1. The molecule has 7 nitrogen and oxygen atoms in total. The van der Waals surface area contributed by atoms with Crippen LogP contribution in [0.25, 0.3) is 22.5 Å². The number of hydrazine groups is 2. The highest BCUT2D eigenvalue weighted by Crippen LogP contribution is 2.26. The van der Waals surface area contributed by atoms with E-state index in [2.05, 4.69) is 26.4 Å². The zero-order chi connectivity index (χ0) is 17.9. The second-order valence-corrected chi connectivity index (χ2v) is 5.98. The molecule has 0 bridgehead atoms. The van der Waals surface area contributed by atoms with Crippen molar-refractivity contribution in [3.05, 3.63) is 72.6 Å². The molecule has 2 heterocycles. The fraction of sp³-hybridized carbons (Fsp3) is 0.105. The maximum atomic E-state index is 11.3. The van der Waals surface area contributed by atoms with Crippen molar-refractivity contribution < 1.29 is 9.90 Å². The van der Waals surface area contributed by atoms with Gasteiger partial charge in [-0.3, -0.25) is 4.79 Å². The van der Waals surface area contributed by atoms with E-state index in [0.717, 1.165) is 22.3 Å². The van der Waals surface area contributed by atoms with Crippen molar-refractivity contribution in [2.45, 2.75) is 12.1 Å². The first kappa shape index (κ1) is 16.3. The minimum absolute atomic E-state index is 0.334. The van der Waals surface area contributed by atoms with Gasteiger partial charge in [0.1, 0.15) is 6.04 Å². The second-order valence-electron chi connectivity index (χ2n) is 5.98. The molecule has 130 valence electrons. The number of carboxylic acids is 1. The van der Waals surface area contributed by atoms with Crippen molar-refractivity contribution in [3.8, 4) is 22.5 Å². The highest BCUT2D eigenvalue weighted by atomic mass is 16.4. The zero-order valence-electron chi connectivity index (χ0n) is 13.8. The van der Waals surface area contributed by atoms with Crippen molar-refractivity contribution in [2.24, 2.45) is 0 Å². The molecule has 1 aromatic heterocycles. The number of hydrogen-bond donors (Lipinski definition) is 4. The number of aromatic nitrogens is 2. The lowest BCUT2D eigenvalue weighted by atomic mass is 9.97. The Kier molecular flexibility index (Phi) is 4.40. The third-order valence-corrected chi connectivity index (χ3v) is 4.37. The molecule has 1 fully saturated rings. The average Bonchev–Trinajstić information content (AvgIpc) is 3.19. The maximum Gasteiger partial charge on any atom is 0.324 e. The van der Waals surface area contributed by atoms with Crippen LogP contribution in [0.5, 0.6) is 0 Å². The van der Waals surface area contributed by atoms with Crippen molar-refractivity contribution in [3.63, 3.8) is 0 Å². The Morgan fingerprint density at radius 2 is 1.42 bits per heavy atom. The van der Waals surface area contributed by atoms with Crippen LogP contribution in [-0.4, -0.2) is 27.1 Å². The van der Waals surface area contributed by atoms with E-state index in [1.54, 1.807) is 18.5 Å². The minimum Gasteiger partial charge on any atom is -0.480 e. The summed E-state index contributed by atoms with van der Waals surface area (Å²) in [6.07, 6.45) is 3.44. The minimum atomic E-state index is -0.907. The van der Waals surface area contributed by atoms with Gasteiger partial charge in [0.25, 0.3) is 0 Å². The van der Waals surface area contributed by atoms with Crippen LogP contribution in [-0.2, 0) is 4.79 Å². The molecule has 1 aliphatic rings. The van der Waals surface area contributed by atoms with E-state index in [1.807, 2.05) is 48.5 Å². The van der Waals surface area contributed by atoms with E-state index in [4.69, 9.17) is 0 Å². The molecule has 0 radical (unpaired) electrons. The normalized spacial score (nSPS) is 19.4. The molecule has 0 aliphatic carbocycles. The van der Waals surface area contributed by atoms with Gasteiger partial charge in [-0.1, -0.05) is 48.5 Å². The van der Waals surface area contributed by atoms with Crippen LogP contribution >= 0.6 is 0 Å². The van der Waals surface area contributed by atoms with Gasteiger partial charge in [0, 0.05) is 18.0 Å². The first-order chi connectivity index (χ1) is 12.7. The van der Waals surface area contributed by atoms with Crippen LogP contribution in [0.2, 0.25) is 0 Å². The molecule has 2 aromatic carbocycles. The number of aliphatic carboxylic acids is 1. The monoisotopic (exact) mass is 347 g/mol. The van der Waals surface area contributed by atoms with E-state index in [1.165, 1.54) is 0 Å². The summed E-state index contributed by atoms with van der Waals surface area (Å²) in [6.45, 7) is 0. The van der Waals surface area contributed by atoms with Gasteiger partial charge in [-0.05, 0) is 22.8 Å². The Morgan fingerprint density at radius 1 is 0.846 bits per heavy atom. The molecule has 0 saturated carbocycles. The molecule has 3 aromatic rings. The maximum absolute atomic E-state index is 11.3. The van der Waals surface area contributed by atoms with E-state index in [0.29, 0.717) is 5.82 Å². The highest BCUT2D eigenvalue weighted by molar-refractivity contribution is 5.75. The lowest BCUT2D eigenvalue weighted by Crippen LogP contribution is -2.38. The zero-order valence-corrected chi connectivity index (χ0v) is 13.8. The standard InChI is InChI=1S/C19H17N5O2/c25-19(26)17-16(22-24-23-17)14-6-2-12(3-7-14)13-4-8-15(9-5-13)18-20-10-1-11-21-18/h1-11,16-17,22-24H,(H,25,26). The Balaban J connectivity index is 1.55. The largest absolute Gasteiger partial charge is 0.480 e. The van der Waals surface area contributed by atoms with Gasteiger partial charge in [-0.25, -0.2) is 20.8 Å². The summed E-state index contributed by atoms with van der Waals surface area (Å²) in [5.41, 5.74) is 12.3.